The molecule has 0 radical (unpaired) electrons. The van der Waals surface area contributed by atoms with E-state index in [1.807, 2.05) is 19.9 Å². The molecule has 1 saturated heterocycles. The molecule has 0 bridgehead atoms. The van der Waals surface area contributed by atoms with Crippen LogP contribution in [0.2, 0.25) is 0 Å². The van der Waals surface area contributed by atoms with Crippen molar-refractivity contribution in [2.45, 2.75) is 45.3 Å². The number of ketones is 1. The monoisotopic (exact) mass is 451 g/mol. The van der Waals surface area contributed by atoms with Gasteiger partial charge < -0.3 is 24.6 Å². The Morgan fingerprint density at radius 2 is 2.03 bits per heavy atom. The largest absolute Gasteiger partial charge is 0.508 e. The molecule has 7 nitrogen and oxygen atoms in total. The highest BCUT2D eigenvalue weighted by atomic mass is 16.5. The lowest BCUT2D eigenvalue weighted by Gasteiger charge is -2.25. The summed E-state index contributed by atoms with van der Waals surface area (Å²) in [5, 5.41) is 21.3. The molecule has 174 valence electrons. The van der Waals surface area contributed by atoms with Crippen molar-refractivity contribution < 1.29 is 29.3 Å². The summed E-state index contributed by atoms with van der Waals surface area (Å²) >= 11 is 0. The first-order valence-corrected chi connectivity index (χ1v) is 11.3. The number of ether oxygens (including phenoxy) is 2. The zero-order chi connectivity index (χ0) is 23.5. The SMILES string of the molecule is CC(C)OCCCN1C(=O)C(=O)/C(=C(\O)c2ccc3c(c2)CCCO3)C1c1cccc(O)c1. The maximum Gasteiger partial charge on any atom is 0.295 e. The maximum atomic E-state index is 13.1. The lowest BCUT2D eigenvalue weighted by Crippen LogP contribution is -2.31. The lowest BCUT2D eigenvalue weighted by molar-refractivity contribution is -0.140. The Labute approximate surface area is 193 Å². The highest BCUT2D eigenvalue weighted by Crippen LogP contribution is 2.41. The van der Waals surface area contributed by atoms with Gasteiger partial charge in [-0.15, -0.1) is 0 Å². The number of likely N-dealkylation sites (tertiary alicyclic amines) is 1. The van der Waals surface area contributed by atoms with Crippen LogP contribution in [0.3, 0.4) is 0 Å². The first-order chi connectivity index (χ1) is 15.9. The molecule has 2 aromatic carbocycles. The molecule has 1 unspecified atom stereocenters. The van der Waals surface area contributed by atoms with Gasteiger partial charge >= 0.3 is 0 Å². The van der Waals surface area contributed by atoms with Crippen molar-refractivity contribution in [3.8, 4) is 11.5 Å². The summed E-state index contributed by atoms with van der Waals surface area (Å²) in [5.74, 6) is -0.841. The average molecular weight is 452 g/mol. The molecule has 0 saturated carbocycles. The second-order valence-electron chi connectivity index (χ2n) is 8.64. The molecule has 2 aliphatic rings. The number of amides is 1. The van der Waals surface area contributed by atoms with E-state index in [1.165, 1.54) is 17.0 Å². The van der Waals surface area contributed by atoms with E-state index in [9.17, 15) is 19.8 Å². The van der Waals surface area contributed by atoms with Gasteiger partial charge in [-0.1, -0.05) is 12.1 Å². The fourth-order valence-electron chi connectivity index (χ4n) is 4.37. The second kappa shape index (κ2) is 9.67. The quantitative estimate of drug-likeness (QED) is 0.286. The Balaban J connectivity index is 1.74. The van der Waals surface area contributed by atoms with Gasteiger partial charge in [0.1, 0.15) is 17.3 Å². The number of carbonyl (C=O) groups excluding carboxylic acids is 2. The number of phenols is 1. The van der Waals surface area contributed by atoms with Crippen LogP contribution in [-0.2, 0) is 20.7 Å². The third-order valence-electron chi connectivity index (χ3n) is 5.90. The van der Waals surface area contributed by atoms with Crippen molar-refractivity contribution in [1.82, 2.24) is 4.90 Å². The first-order valence-electron chi connectivity index (χ1n) is 11.3. The van der Waals surface area contributed by atoms with E-state index in [2.05, 4.69) is 0 Å². The van der Waals surface area contributed by atoms with Gasteiger partial charge in [-0.25, -0.2) is 0 Å². The fraction of sp³-hybridized carbons (Fsp3) is 0.385. The van der Waals surface area contributed by atoms with Crippen molar-refractivity contribution in [2.75, 3.05) is 19.8 Å². The maximum absolute atomic E-state index is 13.1. The van der Waals surface area contributed by atoms with Crippen LogP contribution in [0.15, 0.2) is 48.0 Å². The van der Waals surface area contributed by atoms with Gasteiger partial charge in [0.05, 0.1) is 24.3 Å². The molecule has 1 fully saturated rings. The summed E-state index contributed by atoms with van der Waals surface area (Å²) in [6.07, 6.45) is 2.30. The highest BCUT2D eigenvalue weighted by molar-refractivity contribution is 6.46. The van der Waals surface area contributed by atoms with Crippen molar-refractivity contribution in [3.63, 3.8) is 0 Å². The average Bonchev–Trinajstić information content (AvgIpc) is 3.06. The lowest BCUT2D eigenvalue weighted by atomic mass is 9.94. The number of carbonyl (C=O) groups is 2. The van der Waals surface area contributed by atoms with Crippen molar-refractivity contribution >= 4 is 17.4 Å². The number of aliphatic hydroxyl groups is 1. The Kier molecular flexibility index (Phi) is 6.70. The minimum Gasteiger partial charge on any atom is -0.508 e. The number of aliphatic hydroxyl groups excluding tert-OH is 1. The number of Topliss-reactive ketones (excluding diaryl/α,β-unsaturated/α-hetero) is 1. The molecule has 0 spiro atoms. The number of rotatable bonds is 7. The third kappa shape index (κ3) is 4.73. The minimum absolute atomic E-state index is 0.0204. The summed E-state index contributed by atoms with van der Waals surface area (Å²) in [6, 6.07) is 10.9. The Morgan fingerprint density at radius 1 is 1.21 bits per heavy atom. The molecule has 4 rings (SSSR count). The molecule has 2 aliphatic heterocycles. The number of hydrogen-bond acceptors (Lipinski definition) is 6. The standard InChI is InChI=1S/C26H29NO6/c1-16(2)32-13-5-11-27-23(18-6-3-8-20(28)15-18)22(25(30)26(27)31)24(29)19-9-10-21-17(14-19)7-4-12-33-21/h3,6,8-10,14-16,23,28-29H,4-5,7,11-13H2,1-2H3/b24-22-. The van der Waals surface area contributed by atoms with Crippen LogP contribution < -0.4 is 4.74 Å². The number of aryl methyl sites for hydroxylation is 1. The Bertz CT molecular complexity index is 1090. The molecular formula is C26H29NO6. The van der Waals surface area contributed by atoms with E-state index in [0.29, 0.717) is 30.8 Å². The van der Waals surface area contributed by atoms with Crippen LogP contribution in [0.4, 0.5) is 0 Å². The van der Waals surface area contributed by atoms with E-state index >= 15 is 0 Å². The number of benzene rings is 2. The summed E-state index contributed by atoms with van der Waals surface area (Å²) < 4.78 is 11.2. The molecule has 2 aromatic rings. The van der Waals surface area contributed by atoms with Crippen LogP contribution in [0.5, 0.6) is 11.5 Å². The van der Waals surface area contributed by atoms with Crippen molar-refractivity contribution in [3.05, 3.63) is 64.7 Å². The highest BCUT2D eigenvalue weighted by Gasteiger charge is 2.46. The molecule has 7 heteroatoms. The smallest absolute Gasteiger partial charge is 0.295 e. The van der Waals surface area contributed by atoms with Gasteiger partial charge in [-0.3, -0.25) is 9.59 Å². The topological polar surface area (TPSA) is 96.3 Å². The number of phenolic OH excluding ortho intramolecular Hbond substituents is 1. The van der Waals surface area contributed by atoms with Crippen LogP contribution in [0.25, 0.3) is 5.76 Å². The van der Waals surface area contributed by atoms with Gasteiger partial charge in [0, 0.05) is 18.7 Å². The van der Waals surface area contributed by atoms with Crippen LogP contribution in [0.1, 0.15) is 49.4 Å². The Hall–Kier alpha value is -3.32. The van der Waals surface area contributed by atoms with E-state index in [1.54, 1.807) is 24.3 Å². The number of hydrogen-bond donors (Lipinski definition) is 2. The second-order valence-corrected chi connectivity index (χ2v) is 8.64. The van der Waals surface area contributed by atoms with E-state index < -0.39 is 17.7 Å². The number of fused-ring (bicyclic) bond motifs is 1. The van der Waals surface area contributed by atoms with Gasteiger partial charge in [-0.05, 0) is 74.6 Å². The summed E-state index contributed by atoms with van der Waals surface area (Å²) in [6.45, 7) is 5.25. The molecule has 33 heavy (non-hydrogen) atoms. The minimum atomic E-state index is -0.802. The molecular weight excluding hydrogens is 422 g/mol. The van der Waals surface area contributed by atoms with Crippen molar-refractivity contribution in [2.24, 2.45) is 0 Å². The third-order valence-corrected chi connectivity index (χ3v) is 5.90. The molecule has 1 amide bonds. The molecule has 2 heterocycles. The number of aromatic hydroxyl groups is 1. The fourth-order valence-corrected chi connectivity index (χ4v) is 4.37. The number of nitrogens with zero attached hydrogens (tertiary/aromatic N) is 1. The molecule has 0 aliphatic carbocycles. The van der Waals surface area contributed by atoms with E-state index in [0.717, 1.165) is 24.2 Å². The summed E-state index contributed by atoms with van der Waals surface area (Å²) in [7, 11) is 0. The van der Waals surface area contributed by atoms with Gasteiger partial charge in [0.15, 0.2) is 0 Å². The summed E-state index contributed by atoms with van der Waals surface area (Å²) in [4.78, 5) is 27.5. The van der Waals surface area contributed by atoms with E-state index in [-0.39, 0.29) is 29.7 Å². The van der Waals surface area contributed by atoms with Gasteiger partial charge in [0.25, 0.3) is 11.7 Å². The van der Waals surface area contributed by atoms with Crippen molar-refractivity contribution in [1.29, 1.82) is 0 Å². The van der Waals surface area contributed by atoms with Crippen LogP contribution in [0, 0.1) is 0 Å². The zero-order valence-corrected chi connectivity index (χ0v) is 18.9. The predicted molar refractivity (Wildman–Crippen MR) is 123 cm³/mol. The first kappa shape index (κ1) is 22.9. The van der Waals surface area contributed by atoms with Gasteiger partial charge in [-0.2, -0.15) is 0 Å². The predicted octanol–water partition coefficient (Wildman–Crippen LogP) is 3.95. The van der Waals surface area contributed by atoms with Crippen LogP contribution >= 0.6 is 0 Å². The summed E-state index contributed by atoms with van der Waals surface area (Å²) in [5.41, 5.74) is 2.00. The molecule has 1 atom stereocenters. The molecule has 0 aromatic heterocycles. The van der Waals surface area contributed by atoms with Crippen LogP contribution in [-0.4, -0.2) is 52.7 Å². The normalized spacial score (nSPS) is 19.6. The van der Waals surface area contributed by atoms with Gasteiger partial charge in [0.2, 0.25) is 0 Å². The Morgan fingerprint density at radius 3 is 2.79 bits per heavy atom. The zero-order valence-electron chi connectivity index (χ0n) is 18.9. The van der Waals surface area contributed by atoms with E-state index in [4.69, 9.17) is 9.47 Å². The molecule has 2 N–H and O–H groups in total.